The normalized spacial score (nSPS) is 26.8. The van der Waals surface area contributed by atoms with E-state index in [-0.39, 0.29) is 0 Å². The molecule has 0 bridgehead atoms. The Balaban J connectivity index is 1.62. The first kappa shape index (κ1) is 12.4. The molecule has 94 valence electrons. The fraction of sp³-hybridized carbons (Fsp3) is 1.00. The summed E-state index contributed by atoms with van der Waals surface area (Å²) in [5.74, 6) is 1.03. The van der Waals surface area contributed by atoms with Gasteiger partial charge in [-0.05, 0) is 44.8 Å². The van der Waals surface area contributed by atoms with Crippen LogP contribution in [0.1, 0.15) is 57.8 Å². The average molecular weight is 224 g/mol. The smallest absolute Gasteiger partial charge is 0.00631 e. The summed E-state index contributed by atoms with van der Waals surface area (Å²) in [4.78, 5) is 2.63. The Labute approximate surface area is 101 Å². The molecule has 0 aromatic carbocycles. The first-order valence-electron chi connectivity index (χ1n) is 7.32. The van der Waals surface area contributed by atoms with Gasteiger partial charge in [-0.25, -0.2) is 0 Å². The third kappa shape index (κ3) is 4.06. The standard InChI is InChI=1S/C14H28N2/c15-14-8-11-16(12-9-14)10-7-13-5-3-1-2-4-6-13/h13-14H,1-12,15H2. The van der Waals surface area contributed by atoms with Crippen LogP contribution in [0.3, 0.4) is 0 Å². The van der Waals surface area contributed by atoms with Crippen LogP contribution < -0.4 is 5.73 Å². The molecule has 2 fully saturated rings. The Hall–Kier alpha value is -0.0800. The molecule has 1 saturated heterocycles. The number of likely N-dealkylation sites (tertiary alicyclic amines) is 1. The van der Waals surface area contributed by atoms with E-state index in [2.05, 4.69) is 4.90 Å². The van der Waals surface area contributed by atoms with Gasteiger partial charge in [0, 0.05) is 6.04 Å². The lowest BCUT2D eigenvalue weighted by Crippen LogP contribution is -2.40. The summed E-state index contributed by atoms with van der Waals surface area (Å²) in [6.45, 7) is 3.82. The molecule has 0 aromatic heterocycles. The van der Waals surface area contributed by atoms with E-state index in [1.54, 1.807) is 0 Å². The molecule has 1 saturated carbocycles. The van der Waals surface area contributed by atoms with E-state index in [1.165, 1.54) is 77.4 Å². The zero-order chi connectivity index (χ0) is 11.2. The molecule has 0 spiro atoms. The van der Waals surface area contributed by atoms with E-state index < -0.39 is 0 Å². The van der Waals surface area contributed by atoms with Crippen LogP contribution in [0.2, 0.25) is 0 Å². The van der Waals surface area contributed by atoms with Crippen molar-refractivity contribution in [3.05, 3.63) is 0 Å². The average Bonchev–Trinajstić information content (AvgIpc) is 2.57. The van der Waals surface area contributed by atoms with Crippen molar-refractivity contribution in [3.8, 4) is 0 Å². The number of rotatable bonds is 3. The fourth-order valence-corrected chi connectivity index (χ4v) is 3.19. The zero-order valence-corrected chi connectivity index (χ0v) is 10.7. The maximum Gasteiger partial charge on any atom is 0.00631 e. The summed E-state index contributed by atoms with van der Waals surface area (Å²) in [7, 11) is 0. The second kappa shape index (κ2) is 6.61. The molecule has 2 nitrogen and oxygen atoms in total. The van der Waals surface area contributed by atoms with E-state index in [0.717, 1.165) is 5.92 Å². The second-order valence-corrected chi connectivity index (χ2v) is 5.83. The number of nitrogens with zero attached hydrogens (tertiary/aromatic N) is 1. The SMILES string of the molecule is NC1CCN(CCC2CCCCCC2)CC1. The molecule has 1 aliphatic heterocycles. The van der Waals surface area contributed by atoms with Gasteiger partial charge in [0.25, 0.3) is 0 Å². The van der Waals surface area contributed by atoms with Crippen LogP contribution in [-0.2, 0) is 0 Å². The topological polar surface area (TPSA) is 29.3 Å². The van der Waals surface area contributed by atoms with Gasteiger partial charge in [-0.15, -0.1) is 0 Å². The van der Waals surface area contributed by atoms with Crippen LogP contribution in [-0.4, -0.2) is 30.6 Å². The van der Waals surface area contributed by atoms with Crippen LogP contribution in [0.15, 0.2) is 0 Å². The Morgan fingerprint density at radius 1 is 0.875 bits per heavy atom. The summed E-state index contributed by atoms with van der Waals surface area (Å²) in [5, 5.41) is 0. The van der Waals surface area contributed by atoms with Crippen LogP contribution in [0, 0.1) is 5.92 Å². The highest BCUT2D eigenvalue weighted by Gasteiger charge is 2.18. The van der Waals surface area contributed by atoms with E-state index in [0.29, 0.717) is 6.04 Å². The molecule has 2 aliphatic rings. The lowest BCUT2D eigenvalue weighted by molar-refractivity contribution is 0.196. The van der Waals surface area contributed by atoms with Crippen molar-refractivity contribution < 1.29 is 0 Å². The second-order valence-electron chi connectivity index (χ2n) is 5.83. The van der Waals surface area contributed by atoms with Crippen LogP contribution in [0.5, 0.6) is 0 Å². The van der Waals surface area contributed by atoms with E-state index >= 15 is 0 Å². The fourth-order valence-electron chi connectivity index (χ4n) is 3.19. The highest BCUT2D eigenvalue weighted by Crippen LogP contribution is 2.25. The Bertz CT molecular complexity index is 177. The predicted molar refractivity (Wildman–Crippen MR) is 69.5 cm³/mol. The van der Waals surface area contributed by atoms with Crippen molar-refractivity contribution in [2.75, 3.05) is 19.6 Å². The van der Waals surface area contributed by atoms with Gasteiger partial charge in [-0.2, -0.15) is 0 Å². The largest absolute Gasteiger partial charge is 0.328 e. The van der Waals surface area contributed by atoms with Crippen molar-refractivity contribution in [1.82, 2.24) is 4.90 Å². The van der Waals surface area contributed by atoms with Crippen molar-refractivity contribution in [2.45, 2.75) is 63.8 Å². The highest BCUT2D eigenvalue weighted by atomic mass is 15.1. The Morgan fingerprint density at radius 3 is 2.12 bits per heavy atom. The van der Waals surface area contributed by atoms with E-state index in [1.807, 2.05) is 0 Å². The predicted octanol–water partition coefficient (Wildman–Crippen LogP) is 2.77. The van der Waals surface area contributed by atoms with Crippen LogP contribution in [0.25, 0.3) is 0 Å². The third-order valence-corrected chi connectivity index (χ3v) is 4.46. The lowest BCUT2D eigenvalue weighted by Gasteiger charge is -2.31. The van der Waals surface area contributed by atoms with Gasteiger partial charge in [-0.1, -0.05) is 38.5 Å². The highest BCUT2D eigenvalue weighted by molar-refractivity contribution is 4.75. The summed E-state index contributed by atoms with van der Waals surface area (Å²) < 4.78 is 0. The van der Waals surface area contributed by atoms with Crippen molar-refractivity contribution >= 4 is 0 Å². The molecule has 16 heavy (non-hydrogen) atoms. The minimum atomic E-state index is 0.481. The summed E-state index contributed by atoms with van der Waals surface area (Å²) in [6.07, 6.45) is 12.8. The maximum absolute atomic E-state index is 5.93. The van der Waals surface area contributed by atoms with Gasteiger partial charge in [0.05, 0.1) is 0 Å². The zero-order valence-electron chi connectivity index (χ0n) is 10.7. The Morgan fingerprint density at radius 2 is 1.50 bits per heavy atom. The van der Waals surface area contributed by atoms with Gasteiger partial charge in [-0.3, -0.25) is 0 Å². The first-order chi connectivity index (χ1) is 7.84. The van der Waals surface area contributed by atoms with Crippen molar-refractivity contribution in [2.24, 2.45) is 11.7 Å². The minimum Gasteiger partial charge on any atom is -0.328 e. The monoisotopic (exact) mass is 224 g/mol. The van der Waals surface area contributed by atoms with Gasteiger partial charge in [0.2, 0.25) is 0 Å². The first-order valence-corrected chi connectivity index (χ1v) is 7.32. The minimum absolute atomic E-state index is 0.481. The van der Waals surface area contributed by atoms with Gasteiger partial charge >= 0.3 is 0 Å². The molecule has 2 rings (SSSR count). The molecule has 0 amide bonds. The van der Waals surface area contributed by atoms with Crippen LogP contribution in [0.4, 0.5) is 0 Å². The molecular formula is C14H28N2. The molecular weight excluding hydrogens is 196 g/mol. The van der Waals surface area contributed by atoms with Crippen molar-refractivity contribution in [1.29, 1.82) is 0 Å². The summed E-state index contributed by atoms with van der Waals surface area (Å²) in [6, 6.07) is 0.481. The summed E-state index contributed by atoms with van der Waals surface area (Å²) in [5.41, 5.74) is 5.93. The number of nitrogens with two attached hydrogens (primary N) is 1. The van der Waals surface area contributed by atoms with Crippen LogP contribution >= 0.6 is 0 Å². The Kier molecular flexibility index (Phi) is 5.11. The quantitative estimate of drug-likeness (QED) is 0.747. The molecule has 0 aromatic rings. The van der Waals surface area contributed by atoms with Gasteiger partial charge < -0.3 is 10.6 Å². The number of hydrogen-bond donors (Lipinski definition) is 1. The number of hydrogen-bond acceptors (Lipinski definition) is 2. The summed E-state index contributed by atoms with van der Waals surface area (Å²) >= 11 is 0. The maximum atomic E-state index is 5.93. The molecule has 0 unspecified atom stereocenters. The molecule has 0 radical (unpaired) electrons. The third-order valence-electron chi connectivity index (χ3n) is 4.46. The van der Waals surface area contributed by atoms with E-state index in [4.69, 9.17) is 5.73 Å². The molecule has 2 heteroatoms. The van der Waals surface area contributed by atoms with Gasteiger partial charge in [0.1, 0.15) is 0 Å². The molecule has 1 aliphatic carbocycles. The van der Waals surface area contributed by atoms with Crippen molar-refractivity contribution in [3.63, 3.8) is 0 Å². The lowest BCUT2D eigenvalue weighted by atomic mass is 9.96. The molecule has 2 N–H and O–H groups in total. The van der Waals surface area contributed by atoms with E-state index in [9.17, 15) is 0 Å². The molecule has 0 atom stereocenters. The van der Waals surface area contributed by atoms with Gasteiger partial charge in [0.15, 0.2) is 0 Å². The molecule has 1 heterocycles. The number of piperidine rings is 1.